The second-order valence-electron chi connectivity index (χ2n) is 4.11. The Hall–Kier alpha value is -2.48. The molecule has 0 spiro atoms. The maximum absolute atomic E-state index is 11.1. The van der Waals surface area contributed by atoms with E-state index < -0.39 is 5.97 Å². The Kier molecular flexibility index (Phi) is 3.66. The monoisotopic (exact) mass is 291 g/mol. The standard InChI is InChI=1S/C12H13N5O2S/c1-5-2-6(3-7(10(5)15)11(18)19)20-12-16-8(13)4-9(14)17-12/h2-4H,15H2,1H3,(H,18,19)(H4,13,14,16,17). The SMILES string of the molecule is Cc1cc(Sc2nc(N)cc(N)n2)cc(C(=O)O)c1N. The maximum atomic E-state index is 11.1. The van der Waals surface area contributed by atoms with Crippen molar-refractivity contribution in [1.82, 2.24) is 9.97 Å². The molecular weight excluding hydrogens is 278 g/mol. The van der Waals surface area contributed by atoms with Gasteiger partial charge >= 0.3 is 5.97 Å². The topological polar surface area (TPSA) is 141 Å². The molecule has 0 atom stereocenters. The summed E-state index contributed by atoms with van der Waals surface area (Å²) in [5.41, 5.74) is 17.9. The van der Waals surface area contributed by atoms with Crippen LogP contribution >= 0.6 is 11.8 Å². The zero-order chi connectivity index (χ0) is 14.9. The third kappa shape index (κ3) is 2.91. The van der Waals surface area contributed by atoms with Gasteiger partial charge in [-0.05, 0) is 36.4 Å². The van der Waals surface area contributed by atoms with Gasteiger partial charge in [-0.2, -0.15) is 0 Å². The molecule has 0 saturated carbocycles. The smallest absolute Gasteiger partial charge is 0.337 e. The van der Waals surface area contributed by atoms with Crippen molar-refractivity contribution in [2.75, 3.05) is 17.2 Å². The lowest BCUT2D eigenvalue weighted by Crippen LogP contribution is -2.04. The molecule has 0 unspecified atom stereocenters. The number of rotatable bonds is 3. The minimum absolute atomic E-state index is 0.0457. The summed E-state index contributed by atoms with van der Waals surface area (Å²) in [5.74, 6) is -0.572. The molecule has 0 saturated heterocycles. The van der Waals surface area contributed by atoms with Crippen LogP contribution in [0.15, 0.2) is 28.3 Å². The second-order valence-corrected chi connectivity index (χ2v) is 5.15. The maximum Gasteiger partial charge on any atom is 0.337 e. The van der Waals surface area contributed by atoms with Crippen LogP contribution in [0.1, 0.15) is 15.9 Å². The molecule has 0 radical (unpaired) electrons. The van der Waals surface area contributed by atoms with E-state index in [2.05, 4.69) is 9.97 Å². The molecule has 8 heteroatoms. The fraction of sp³-hybridized carbons (Fsp3) is 0.0833. The number of carbonyl (C=O) groups is 1. The van der Waals surface area contributed by atoms with Crippen LogP contribution in [0.3, 0.4) is 0 Å². The predicted octanol–water partition coefficient (Wildman–Crippen LogP) is 1.38. The number of aromatic carboxylic acids is 1. The third-order valence-corrected chi connectivity index (χ3v) is 3.38. The van der Waals surface area contributed by atoms with Crippen molar-refractivity contribution in [3.63, 3.8) is 0 Å². The molecule has 0 bridgehead atoms. The lowest BCUT2D eigenvalue weighted by molar-refractivity contribution is 0.0697. The molecule has 0 aliphatic rings. The van der Waals surface area contributed by atoms with Gasteiger partial charge in [0.1, 0.15) is 11.6 Å². The molecule has 0 amide bonds. The quantitative estimate of drug-likeness (QED) is 0.491. The van der Waals surface area contributed by atoms with E-state index >= 15 is 0 Å². The van der Waals surface area contributed by atoms with Crippen LogP contribution in [0, 0.1) is 6.92 Å². The Morgan fingerprint density at radius 2 is 1.75 bits per heavy atom. The summed E-state index contributed by atoms with van der Waals surface area (Å²) in [5, 5.41) is 9.46. The van der Waals surface area contributed by atoms with Crippen LogP contribution in [-0.2, 0) is 0 Å². The number of nitrogen functional groups attached to an aromatic ring is 3. The molecule has 0 fully saturated rings. The molecule has 1 aromatic heterocycles. The van der Waals surface area contributed by atoms with Gasteiger partial charge in [-0.15, -0.1) is 0 Å². The summed E-state index contributed by atoms with van der Waals surface area (Å²) >= 11 is 1.17. The number of aryl methyl sites for hydroxylation is 1. The van der Waals surface area contributed by atoms with E-state index in [-0.39, 0.29) is 22.9 Å². The summed E-state index contributed by atoms with van der Waals surface area (Å²) in [4.78, 5) is 19.8. The lowest BCUT2D eigenvalue weighted by atomic mass is 10.1. The van der Waals surface area contributed by atoms with Gasteiger partial charge in [-0.1, -0.05) is 0 Å². The van der Waals surface area contributed by atoms with Gasteiger partial charge in [-0.3, -0.25) is 0 Å². The van der Waals surface area contributed by atoms with Crippen molar-refractivity contribution in [2.24, 2.45) is 0 Å². The number of anilines is 3. The molecule has 2 aromatic rings. The molecule has 1 heterocycles. The third-order valence-electron chi connectivity index (χ3n) is 2.55. The molecule has 7 nitrogen and oxygen atoms in total. The number of hydrogen-bond donors (Lipinski definition) is 4. The molecule has 1 aromatic carbocycles. The molecule has 0 aliphatic carbocycles. The van der Waals surface area contributed by atoms with Crippen molar-refractivity contribution in [3.8, 4) is 0 Å². The van der Waals surface area contributed by atoms with Crippen molar-refractivity contribution >= 4 is 35.1 Å². The average Bonchev–Trinajstić information content (AvgIpc) is 2.31. The highest BCUT2D eigenvalue weighted by molar-refractivity contribution is 7.99. The van der Waals surface area contributed by atoms with Crippen molar-refractivity contribution < 1.29 is 9.90 Å². The average molecular weight is 291 g/mol. The first kappa shape index (κ1) is 13.9. The molecule has 7 N–H and O–H groups in total. The fourth-order valence-corrected chi connectivity index (χ4v) is 2.54. The largest absolute Gasteiger partial charge is 0.478 e. The summed E-state index contributed by atoms with van der Waals surface area (Å²) in [7, 11) is 0. The van der Waals surface area contributed by atoms with E-state index in [0.717, 1.165) is 0 Å². The van der Waals surface area contributed by atoms with Gasteiger partial charge in [0.2, 0.25) is 0 Å². The van der Waals surface area contributed by atoms with E-state index in [0.29, 0.717) is 15.6 Å². The zero-order valence-electron chi connectivity index (χ0n) is 10.6. The molecular formula is C12H13N5O2S. The number of carboxylic acid groups (broad SMARTS) is 1. The van der Waals surface area contributed by atoms with Crippen LogP contribution in [0.4, 0.5) is 17.3 Å². The first-order valence-electron chi connectivity index (χ1n) is 5.58. The summed E-state index contributed by atoms with van der Waals surface area (Å²) < 4.78 is 0. The van der Waals surface area contributed by atoms with Gasteiger partial charge in [0.25, 0.3) is 0 Å². The molecule has 0 aliphatic heterocycles. The number of aromatic nitrogens is 2. The first-order valence-corrected chi connectivity index (χ1v) is 6.39. The van der Waals surface area contributed by atoms with Gasteiger partial charge in [0.05, 0.1) is 5.56 Å². The second kappa shape index (κ2) is 5.25. The van der Waals surface area contributed by atoms with E-state index in [1.807, 2.05) is 0 Å². The Bertz CT molecular complexity index is 670. The van der Waals surface area contributed by atoms with Crippen LogP contribution in [0.25, 0.3) is 0 Å². The Labute approximate surface area is 119 Å². The van der Waals surface area contributed by atoms with E-state index in [1.54, 1.807) is 13.0 Å². The van der Waals surface area contributed by atoms with Crippen LogP contribution in [0.5, 0.6) is 0 Å². The van der Waals surface area contributed by atoms with Crippen LogP contribution in [0.2, 0.25) is 0 Å². The summed E-state index contributed by atoms with van der Waals surface area (Å²) in [6.07, 6.45) is 0. The Morgan fingerprint density at radius 1 is 1.15 bits per heavy atom. The summed E-state index contributed by atoms with van der Waals surface area (Å²) in [6, 6.07) is 4.67. The number of carboxylic acids is 1. The normalized spacial score (nSPS) is 10.4. The van der Waals surface area contributed by atoms with Crippen molar-refractivity contribution in [1.29, 1.82) is 0 Å². The summed E-state index contributed by atoms with van der Waals surface area (Å²) in [6.45, 7) is 1.74. The van der Waals surface area contributed by atoms with Gasteiger partial charge in [-0.25, -0.2) is 14.8 Å². The zero-order valence-corrected chi connectivity index (χ0v) is 11.4. The van der Waals surface area contributed by atoms with Gasteiger partial charge in [0, 0.05) is 16.6 Å². The van der Waals surface area contributed by atoms with Gasteiger partial charge in [0.15, 0.2) is 5.16 Å². The number of hydrogen-bond acceptors (Lipinski definition) is 7. The predicted molar refractivity (Wildman–Crippen MR) is 77.5 cm³/mol. The van der Waals surface area contributed by atoms with Gasteiger partial charge < -0.3 is 22.3 Å². The molecule has 20 heavy (non-hydrogen) atoms. The fourth-order valence-electron chi connectivity index (χ4n) is 1.61. The minimum atomic E-state index is -1.08. The Morgan fingerprint density at radius 3 is 2.30 bits per heavy atom. The van der Waals surface area contributed by atoms with E-state index in [1.165, 1.54) is 23.9 Å². The van der Waals surface area contributed by atoms with Crippen LogP contribution in [-0.4, -0.2) is 21.0 Å². The highest BCUT2D eigenvalue weighted by Crippen LogP contribution is 2.30. The highest BCUT2D eigenvalue weighted by atomic mass is 32.2. The molecule has 2 rings (SSSR count). The Balaban J connectivity index is 2.41. The van der Waals surface area contributed by atoms with Crippen LogP contribution < -0.4 is 17.2 Å². The number of nitrogens with zero attached hydrogens (tertiary/aromatic N) is 2. The minimum Gasteiger partial charge on any atom is -0.478 e. The molecule has 104 valence electrons. The lowest BCUT2D eigenvalue weighted by Gasteiger charge is -2.08. The van der Waals surface area contributed by atoms with E-state index in [4.69, 9.17) is 22.3 Å². The van der Waals surface area contributed by atoms with Crippen molar-refractivity contribution in [2.45, 2.75) is 17.0 Å². The highest BCUT2D eigenvalue weighted by Gasteiger charge is 2.13. The number of nitrogens with two attached hydrogens (primary N) is 3. The number of benzene rings is 1. The first-order chi connectivity index (χ1) is 9.36. The van der Waals surface area contributed by atoms with Crippen molar-refractivity contribution in [3.05, 3.63) is 29.3 Å². The van der Waals surface area contributed by atoms with E-state index in [9.17, 15) is 4.79 Å².